The van der Waals surface area contributed by atoms with E-state index in [0.717, 1.165) is 27.0 Å². The van der Waals surface area contributed by atoms with E-state index in [4.69, 9.17) is 11.6 Å². The minimum Gasteiger partial charge on any atom is -0.310 e. The fourth-order valence-corrected chi connectivity index (χ4v) is 3.73. The lowest BCUT2D eigenvalue weighted by molar-refractivity contribution is 0.685. The molecule has 20 heavy (non-hydrogen) atoms. The smallest absolute Gasteiger partial charge is 0.0545 e. The van der Waals surface area contributed by atoms with E-state index in [0.29, 0.717) is 0 Å². The third-order valence-electron chi connectivity index (χ3n) is 3.25. The van der Waals surface area contributed by atoms with Crippen LogP contribution in [0, 0.1) is 0 Å². The zero-order chi connectivity index (χ0) is 13.9. The molecule has 0 heterocycles. The molecular formula is C16H15BrClNS. The molecule has 0 amide bonds. The maximum atomic E-state index is 6.19. The van der Waals surface area contributed by atoms with Gasteiger partial charge >= 0.3 is 0 Å². The maximum absolute atomic E-state index is 6.19. The molecule has 0 atom stereocenters. The van der Waals surface area contributed by atoms with Crippen LogP contribution < -0.4 is 5.32 Å². The Morgan fingerprint density at radius 3 is 2.70 bits per heavy atom. The van der Waals surface area contributed by atoms with E-state index in [2.05, 4.69) is 39.4 Å². The van der Waals surface area contributed by atoms with Gasteiger partial charge in [-0.25, -0.2) is 0 Å². The molecule has 2 aromatic rings. The van der Waals surface area contributed by atoms with Crippen LogP contribution in [0.25, 0.3) is 0 Å². The van der Waals surface area contributed by atoms with Crippen LogP contribution in [0.2, 0.25) is 5.02 Å². The first kappa shape index (κ1) is 14.5. The topological polar surface area (TPSA) is 12.0 Å². The maximum Gasteiger partial charge on any atom is 0.0545 e. The van der Waals surface area contributed by atoms with Gasteiger partial charge in [0.15, 0.2) is 0 Å². The van der Waals surface area contributed by atoms with Gasteiger partial charge in [0.2, 0.25) is 0 Å². The second kappa shape index (κ2) is 6.52. The molecule has 104 valence electrons. The first-order valence-corrected chi connectivity index (χ1v) is 8.65. The van der Waals surface area contributed by atoms with E-state index in [1.165, 1.54) is 23.3 Å². The molecule has 0 aliphatic heterocycles. The van der Waals surface area contributed by atoms with Gasteiger partial charge in [-0.3, -0.25) is 0 Å². The summed E-state index contributed by atoms with van der Waals surface area (Å²) in [6, 6.07) is 15.2. The first-order chi connectivity index (χ1) is 9.72. The Morgan fingerprint density at radius 1 is 1.20 bits per heavy atom. The average Bonchev–Trinajstić information content (AvgIpc) is 3.25. The number of halogens is 2. The van der Waals surface area contributed by atoms with E-state index in [1.54, 1.807) is 11.8 Å². The van der Waals surface area contributed by atoms with E-state index < -0.39 is 0 Å². The van der Waals surface area contributed by atoms with Gasteiger partial charge in [0.1, 0.15) is 0 Å². The van der Waals surface area contributed by atoms with Gasteiger partial charge in [-0.2, -0.15) is 0 Å². The molecule has 0 spiro atoms. The molecule has 3 rings (SSSR count). The van der Waals surface area contributed by atoms with Gasteiger partial charge in [0.25, 0.3) is 0 Å². The summed E-state index contributed by atoms with van der Waals surface area (Å²) < 4.78 is 1.16. The number of hydrogen-bond acceptors (Lipinski definition) is 2. The highest BCUT2D eigenvalue weighted by Gasteiger charge is 2.20. The van der Waals surface area contributed by atoms with Gasteiger partial charge in [0, 0.05) is 26.9 Å². The highest BCUT2D eigenvalue weighted by atomic mass is 79.9. The summed E-state index contributed by atoms with van der Waals surface area (Å²) >= 11 is 11.5. The van der Waals surface area contributed by atoms with E-state index >= 15 is 0 Å². The molecule has 0 aromatic heterocycles. The van der Waals surface area contributed by atoms with Crippen molar-refractivity contribution >= 4 is 39.3 Å². The minimum atomic E-state index is 0.735. The predicted octanol–water partition coefficient (Wildman–Crippen LogP) is 5.51. The Morgan fingerprint density at radius 2 is 2.00 bits per heavy atom. The van der Waals surface area contributed by atoms with Crippen LogP contribution in [0.15, 0.2) is 56.7 Å². The summed E-state index contributed by atoms with van der Waals surface area (Å²) in [6.07, 6.45) is 2.64. The molecular weight excluding hydrogens is 354 g/mol. The van der Waals surface area contributed by atoms with Crippen molar-refractivity contribution in [3.05, 3.63) is 57.5 Å². The Labute approximate surface area is 137 Å². The van der Waals surface area contributed by atoms with Gasteiger partial charge < -0.3 is 5.32 Å². The van der Waals surface area contributed by atoms with Crippen LogP contribution in [0.5, 0.6) is 0 Å². The molecule has 4 heteroatoms. The van der Waals surface area contributed by atoms with Crippen molar-refractivity contribution in [3.8, 4) is 0 Å². The summed E-state index contributed by atoms with van der Waals surface area (Å²) in [7, 11) is 0. The standard InChI is InChI=1S/C16H15BrClNS/c17-14-9-13(20-16-4-2-1-3-15(16)18)8-5-11(14)10-19-12-6-7-12/h1-5,8-9,12,19H,6-7,10H2. The Kier molecular flexibility index (Phi) is 4.72. The highest BCUT2D eigenvalue weighted by molar-refractivity contribution is 9.10. The quantitative estimate of drug-likeness (QED) is 0.747. The van der Waals surface area contributed by atoms with Crippen LogP contribution >= 0.6 is 39.3 Å². The van der Waals surface area contributed by atoms with Crippen molar-refractivity contribution in [2.75, 3.05) is 0 Å². The minimum absolute atomic E-state index is 0.735. The third kappa shape index (κ3) is 3.79. The first-order valence-electron chi connectivity index (χ1n) is 6.66. The molecule has 1 saturated carbocycles. The second-order valence-electron chi connectivity index (χ2n) is 4.94. The van der Waals surface area contributed by atoms with Crippen molar-refractivity contribution in [2.45, 2.75) is 35.2 Å². The molecule has 1 aliphatic carbocycles. The molecule has 0 saturated heterocycles. The van der Waals surface area contributed by atoms with Gasteiger partial charge in [-0.05, 0) is 42.7 Å². The van der Waals surface area contributed by atoms with Gasteiger partial charge in [-0.15, -0.1) is 0 Å². The van der Waals surface area contributed by atoms with E-state index in [1.807, 2.05) is 24.3 Å². The monoisotopic (exact) mass is 367 g/mol. The van der Waals surface area contributed by atoms with Crippen LogP contribution in [-0.4, -0.2) is 6.04 Å². The largest absolute Gasteiger partial charge is 0.310 e. The Bertz CT molecular complexity index is 613. The SMILES string of the molecule is Clc1ccccc1Sc1ccc(CNC2CC2)c(Br)c1. The molecule has 1 aliphatic rings. The van der Waals surface area contributed by atoms with Crippen molar-refractivity contribution in [2.24, 2.45) is 0 Å². The van der Waals surface area contributed by atoms with Crippen molar-refractivity contribution in [3.63, 3.8) is 0 Å². The lowest BCUT2D eigenvalue weighted by Gasteiger charge is -2.09. The zero-order valence-electron chi connectivity index (χ0n) is 10.9. The summed E-state index contributed by atoms with van der Waals surface area (Å²) in [4.78, 5) is 2.28. The summed E-state index contributed by atoms with van der Waals surface area (Å²) in [5.74, 6) is 0. The lowest BCUT2D eigenvalue weighted by Crippen LogP contribution is -2.15. The number of rotatable bonds is 5. The molecule has 1 nitrogen and oxygen atoms in total. The Hall–Kier alpha value is -0.480. The number of benzene rings is 2. The molecule has 0 unspecified atom stereocenters. The molecule has 0 radical (unpaired) electrons. The van der Waals surface area contributed by atoms with E-state index in [-0.39, 0.29) is 0 Å². The highest BCUT2D eigenvalue weighted by Crippen LogP contribution is 2.35. The number of nitrogens with one attached hydrogen (secondary N) is 1. The average molecular weight is 369 g/mol. The second-order valence-corrected chi connectivity index (χ2v) is 7.32. The van der Waals surface area contributed by atoms with Crippen LogP contribution in [0.4, 0.5) is 0 Å². The van der Waals surface area contributed by atoms with Crippen molar-refractivity contribution in [1.82, 2.24) is 5.32 Å². The zero-order valence-corrected chi connectivity index (χ0v) is 14.1. The van der Waals surface area contributed by atoms with Gasteiger partial charge in [0.05, 0.1) is 5.02 Å². The predicted molar refractivity (Wildman–Crippen MR) is 89.6 cm³/mol. The lowest BCUT2D eigenvalue weighted by atomic mass is 10.2. The molecule has 0 bridgehead atoms. The van der Waals surface area contributed by atoms with Crippen molar-refractivity contribution < 1.29 is 0 Å². The summed E-state index contributed by atoms with van der Waals surface area (Å²) in [5, 5.41) is 4.33. The van der Waals surface area contributed by atoms with Gasteiger partial charge in [-0.1, -0.05) is 57.5 Å². The van der Waals surface area contributed by atoms with Crippen LogP contribution in [0.1, 0.15) is 18.4 Å². The molecule has 2 aromatic carbocycles. The number of hydrogen-bond donors (Lipinski definition) is 1. The van der Waals surface area contributed by atoms with Crippen LogP contribution in [-0.2, 0) is 6.54 Å². The van der Waals surface area contributed by atoms with Crippen molar-refractivity contribution in [1.29, 1.82) is 0 Å². The van der Waals surface area contributed by atoms with E-state index in [9.17, 15) is 0 Å². The normalized spacial score (nSPS) is 14.5. The summed E-state index contributed by atoms with van der Waals surface area (Å²) in [6.45, 7) is 0.933. The third-order valence-corrected chi connectivity index (χ3v) is 5.49. The molecule has 1 fully saturated rings. The Balaban J connectivity index is 1.71. The fraction of sp³-hybridized carbons (Fsp3) is 0.250. The summed E-state index contributed by atoms with van der Waals surface area (Å²) in [5.41, 5.74) is 1.31. The fourth-order valence-electron chi connectivity index (χ4n) is 1.93. The molecule has 1 N–H and O–H groups in total. The van der Waals surface area contributed by atoms with Crippen LogP contribution in [0.3, 0.4) is 0 Å².